The monoisotopic (exact) mass is 373 g/mol. The van der Waals surface area contributed by atoms with Crippen LogP contribution < -0.4 is 5.32 Å². The third-order valence-corrected chi connectivity index (χ3v) is 4.83. The van der Waals surface area contributed by atoms with E-state index in [1.165, 1.54) is 0 Å². The molecule has 1 N–H and O–H groups in total. The zero-order chi connectivity index (χ0) is 13.1. The van der Waals surface area contributed by atoms with Crippen molar-refractivity contribution in [2.24, 2.45) is 0 Å². The minimum Gasteiger partial charge on any atom is -0.349 e. The molecule has 0 radical (unpaired) electrons. The van der Waals surface area contributed by atoms with E-state index in [2.05, 4.69) is 37.2 Å². The summed E-state index contributed by atoms with van der Waals surface area (Å²) < 4.78 is 1.01. The molecule has 2 rings (SSSR count). The molecule has 1 aromatic carbocycles. The van der Waals surface area contributed by atoms with Crippen LogP contribution in [0.3, 0.4) is 0 Å². The van der Waals surface area contributed by atoms with Crippen molar-refractivity contribution in [2.45, 2.75) is 43.5 Å². The summed E-state index contributed by atoms with van der Waals surface area (Å²) in [5.74, 6) is 0.0537. The van der Waals surface area contributed by atoms with E-state index in [0.717, 1.165) is 41.3 Å². The van der Waals surface area contributed by atoms with Crippen LogP contribution in [0.4, 0.5) is 0 Å². The number of carbonyl (C=O) groups is 1. The number of nitrogens with one attached hydrogen (secondary N) is 1. The minimum atomic E-state index is 0.0537. The molecular weight excluding hydrogens is 358 g/mol. The molecule has 0 unspecified atom stereocenters. The van der Waals surface area contributed by atoms with Gasteiger partial charge in [0.1, 0.15) is 0 Å². The molecule has 1 aliphatic rings. The van der Waals surface area contributed by atoms with Crippen LogP contribution in [0, 0.1) is 6.92 Å². The summed E-state index contributed by atoms with van der Waals surface area (Å²) in [5.41, 5.74) is 1.79. The first-order chi connectivity index (χ1) is 8.56. The fraction of sp³-hybridized carbons (Fsp3) is 0.500. The Labute approximate surface area is 125 Å². The van der Waals surface area contributed by atoms with E-state index in [4.69, 9.17) is 0 Å². The smallest absolute Gasteiger partial charge is 0.251 e. The van der Waals surface area contributed by atoms with Crippen LogP contribution in [0.15, 0.2) is 22.7 Å². The van der Waals surface area contributed by atoms with Gasteiger partial charge in [-0.15, -0.1) is 0 Å². The number of hydrogen-bond acceptors (Lipinski definition) is 1. The molecule has 18 heavy (non-hydrogen) atoms. The van der Waals surface area contributed by atoms with Gasteiger partial charge in [-0.25, -0.2) is 0 Å². The lowest BCUT2D eigenvalue weighted by molar-refractivity contribution is 0.0927. The highest BCUT2D eigenvalue weighted by molar-refractivity contribution is 9.10. The van der Waals surface area contributed by atoms with Crippen LogP contribution in [0.2, 0.25) is 0 Å². The van der Waals surface area contributed by atoms with E-state index in [1.807, 2.05) is 25.1 Å². The number of amides is 1. The average molecular weight is 375 g/mol. The van der Waals surface area contributed by atoms with E-state index in [-0.39, 0.29) is 5.91 Å². The number of alkyl halides is 1. The molecule has 1 fully saturated rings. The van der Waals surface area contributed by atoms with Gasteiger partial charge < -0.3 is 5.32 Å². The van der Waals surface area contributed by atoms with Crippen LogP contribution in [0.5, 0.6) is 0 Å². The third kappa shape index (κ3) is 3.58. The zero-order valence-electron chi connectivity index (χ0n) is 10.4. The average Bonchev–Trinajstić information content (AvgIpc) is 2.32. The summed E-state index contributed by atoms with van der Waals surface area (Å²) in [4.78, 5) is 12.8. The van der Waals surface area contributed by atoms with Crippen LogP contribution in [-0.4, -0.2) is 16.8 Å². The normalized spacial score (nSPS) is 23.7. The largest absolute Gasteiger partial charge is 0.349 e. The van der Waals surface area contributed by atoms with Crippen molar-refractivity contribution in [3.8, 4) is 0 Å². The zero-order valence-corrected chi connectivity index (χ0v) is 13.6. The van der Waals surface area contributed by atoms with Gasteiger partial charge in [0.2, 0.25) is 0 Å². The molecule has 0 heterocycles. The van der Waals surface area contributed by atoms with Gasteiger partial charge >= 0.3 is 0 Å². The molecule has 0 aliphatic heterocycles. The Morgan fingerprint density at radius 2 is 1.94 bits per heavy atom. The summed E-state index contributed by atoms with van der Waals surface area (Å²) >= 11 is 7.04. The number of carbonyl (C=O) groups excluding carboxylic acids is 1. The molecule has 0 bridgehead atoms. The molecule has 4 heteroatoms. The van der Waals surface area contributed by atoms with Crippen molar-refractivity contribution in [3.63, 3.8) is 0 Å². The first kappa shape index (κ1) is 14.1. The molecule has 98 valence electrons. The molecule has 1 amide bonds. The van der Waals surface area contributed by atoms with Crippen molar-refractivity contribution in [1.29, 1.82) is 0 Å². The van der Waals surface area contributed by atoms with Gasteiger partial charge in [0.25, 0.3) is 5.91 Å². The van der Waals surface area contributed by atoms with Gasteiger partial charge in [0.15, 0.2) is 0 Å². The Kier molecular flexibility index (Phi) is 4.84. The Morgan fingerprint density at radius 1 is 1.28 bits per heavy atom. The molecule has 0 aromatic heterocycles. The number of aryl methyl sites for hydroxylation is 1. The maximum atomic E-state index is 12.2. The predicted octanol–water partition coefficient (Wildman–Crippen LogP) is 4.19. The summed E-state index contributed by atoms with van der Waals surface area (Å²) in [6.07, 6.45) is 4.42. The lowest BCUT2D eigenvalue weighted by atomic mass is 9.95. The highest BCUT2D eigenvalue weighted by Gasteiger charge is 2.21. The first-order valence-electron chi connectivity index (χ1n) is 6.27. The van der Waals surface area contributed by atoms with Crippen molar-refractivity contribution in [2.75, 3.05) is 0 Å². The second kappa shape index (κ2) is 6.20. The van der Waals surface area contributed by atoms with Crippen molar-refractivity contribution < 1.29 is 4.79 Å². The fourth-order valence-electron chi connectivity index (χ4n) is 2.34. The van der Waals surface area contributed by atoms with Crippen LogP contribution in [0.1, 0.15) is 41.6 Å². The Balaban J connectivity index is 1.99. The number of halogens is 2. The number of rotatable bonds is 2. The first-order valence-corrected chi connectivity index (χ1v) is 7.98. The molecule has 1 aromatic rings. The quantitative estimate of drug-likeness (QED) is 0.772. The van der Waals surface area contributed by atoms with Gasteiger partial charge in [0, 0.05) is 20.9 Å². The van der Waals surface area contributed by atoms with E-state index in [9.17, 15) is 4.79 Å². The topological polar surface area (TPSA) is 29.1 Å². The predicted molar refractivity (Wildman–Crippen MR) is 81.3 cm³/mol. The van der Waals surface area contributed by atoms with Crippen molar-refractivity contribution in [1.82, 2.24) is 5.32 Å². The maximum absolute atomic E-state index is 12.2. The standard InChI is InChI=1S/C14H17Br2NO/c1-9-8-11(16)4-7-13(9)14(18)17-12-5-2-10(15)3-6-12/h4,7-8,10,12H,2-3,5-6H2,1H3,(H,17,18). The van der Waals surface area contributed by atoms with E-state index < -0.39 is 0 Å². The van der Waals surface area contributed by atoms with Gasteiger partial charge in [-0.05, 0) is 56.4 Å². The summed E-state index contributed by atoms with van der Waals surface area (Å²) in [6, 6.07) is 6.10. The second-order valence-corrected chi connectivity index (χ2v) is 7.09. The molecule has 0 spiro atoms. The van der Waals surface area contributed by atoms with E-state index in [1.54, 1.807) is 0 Å². The molecule has 1 aliphatic carbocycles. The Bertz CT molecular complexity index is 439. The minimum absolute atomic E-state index is 0.0537. The van der Waals surface area contributed by atoms with E-state index >= 15 is 0 Å². The number of hydrogen-bond donors (Lipinski definition) is 1. The summed E-state index contributed by atoms with van der Waals surface area (Å²) in [7, 11) is 0. The summed E-state index contributed by atoms with van der Waals surface area (Å²) in [6.45, 7) is 1.97. The Hall–Kier alpha value is -0.350. The molecule has 1 saturated carbocycles. The Morgan fingerprint density at radius 3 is 2.56 bits per heavy atom. The summed E-state index contributed by atoms with van der Waals surface area (Å²) in [5, 5.41) is 3.14. The maximum Gasteiger partial charge on any atom is 0.251 e. The van der Waals surface area contributed by atoms with Gasteiger partial charge in [-0.3, -0.25) is 4.79 Å². The lowest BCUT2D eigenvalue weighted by Gasteiger charge is -2.26. The van der Waals surface area contributed by atoms with Gasteiger partial charge in [-0.2, -0.15) is 0 Å². The van der Waals surface area contributed by atoms with Crippen molar-refractivity contribution in [3.05, 3.63) is 33.8 Å². The third-order valence-electron chi connectivity index (χ3n) is 3.43. The number of benzene rings is 1. The van der Waals surface area contributed by atoms with Crippen LogP contribution in [0.25, 0.3) is 0 Å². The molecule has 2 nitrogen and oxygen atoms in total. The van der Waals surface area contributed by atoms with Crippen molar-refractivity contribution >= 4 is 37.8 Å². The highest BCUT2D eigenvalue weighted by Crippen LogP contribution is 2.24. The van der Waals surface area contributed by atoms with Crippen LogP contribution >= 0.6 is 31.9 Å². The lowest BCUT2D eigenvalue weighted by Crippen LogP contribution is -2.38. The molecular formula is C14H17Br2NO. The SMILES string of the molecule is Cc1cc(Br)ccc1C(=O)NC1CCC(Br)CC1. The highest BCUT2D eigenvalue weighted by atomic mass is 79.9. The van der Waals surface area contributed by atoms with Crippen LogP contribution in [-0.2, 0) is 0 Å². The van der Waals surface area contributed by atoms with Gasteiger partial charge in [-0.1, -0.05) is 31.9 Å². The fourth-order valence-corrected chi connectivity index (χ4v) is 3.35. The van der Waals surface area contributed by atoms with E-state index in [0.29, 0.717) is 10.9 Å². The van der Waals surface area contributed by atoms with Gasteiger partial charge in [0.05, 0.1) is 0 Å². The molecule has 0 atom stereocenters. The second-order valence-electron chi connectivity index (χ2n) is 4.88. The molecule has 0 saturated heterocycles.